The number of carbonyl (C=O) groups excluding carboxylic acids is 2. The Bertz CT molecular complexity index is 900. The van der Waals surface area contributed by atoms with E-state index in [0.29, 0.717) is 18.8 Å². The summed E-state index contributed by atoms with van der Waals surface area (Å²) >= 11 is 0. The van der Waals surface area contributed by atoms with E-state index in [2.05, 4.69) is 41.8 Å². The van der Waals surface area contributed by atoms with Gasteiger partial charge in [-0.15, -0.1) is 0 Å². The molecule has 1 aliphatic heterocycles. The van der Waals surface area contributed by atoms with Crippen LogP contribution in [0.1, 0.15) is 42.4 Å². The summed E-state index contributed by atoms with van der Waals surface area (Å²) in [5, 5.41) is 5.58. The molecule has 1 fully saturated rings. The molecule has 2 aromatic rings. The molecule has 146 valence electrons. The molecule has 0 radical (unpaired) electrons. The summed E-state index contributed by atoms with van der Waals surface area (Å²) in [5.74, 6) is -0.365. The number of rotatable bonds is 4. The monoisotopic (exact) mass is 378 g/mol. The number of hydrogen-bond acceptors (Lipinski definition) is 3. The van der Waals surface area contributed by atoms with Gasteiger partial charge in [-0.05, 0) is 49.1 Å². The Morgan fingerprint density at radius 1 is 1.07 bits per heavy atom. The van der Waals surface area contributed by atoms with Crippen LogP contribution in [0.2, 0.25) is 0 Å². The second-order valence-electron chi connectivity index (χ2n) is 7.91. The average Bonchev–Trinajstić information content (AvgIpc) is 3.36. The SMILES string of the molecule is Cc1cccc(C2(CNC(=O)C(=O)Nc3ccc4c(c3)CCO4)CCCC2)c1. The average molecular weight is 378 g/mol. The summed E-state index contributed by atoms with van der Waals surface area (Å²) in [4.78, 5) is 24.8. The van der Waals surface area contributed by atoms with Crippen LogP contribution >= 0.6 is 0 Å². The van der Waals surface area contributed by atoms with Crippen molar-refractivity contribution in [1.29, 1.82) is 0 Å². The highest BCUT2D eigenvalue weighted by atomic mass is 16.5. The quantitative estimate of drug-likeness (QED) is 0.800. The molecule has 2 aromatic carbocycles. The summed E-state index contributed by atoms with van der Waals surface area (Å²) < 4.78 is 5.47. The Labute approximate surface area is 165 Å². The van der Waals surface area contributed by atoms with Crippen molar-refractivity contribution in [1.82, 2.24) is 5.32 Å². The van der Waals surface area contributed by atoms with E-state index in [9.17, 15) is 9.59 Å². The first-order valence-corrected chi connectivity index (χ1v) is 9.98. The number of benzene rings is 2. The van der Waals surface area contributed by atoms with Crippen molar-refractivity contribution in [3.63, 3.8) is 0 Å². The number of carbonyl (C=O) groups is 2. The van der Waals surface area contributed by atoms with Gasteiger partial charge in [0.15, 0.2) is 0 Å². The van der Waals surface area contributed by atoms with Crippen molar-refractivity contribution >= 4 is 17.5 Å². The van der Waals surface area contributed by atoms with Crippen LogP contribution in [-0.2, 0) is 21.4 Å². The Morgan fingerprint density at radius 2 is 1.89 bits per heavy atom. The van der Waals surface area contributed by atoms with Gasteiger partial charge in [-0.1, -0.05) is 42.7 Å². The molecule has 1 heterocycles. The molecule has 1 saturated carbocycles. The Balaban J connectivity index is 1.40. The third kappa shape index (κ3) is 3.75. The van der Waals surface area contributed by atoms with Gasteiger partial charge < -0.3 is 15.4 Å². The molecule has 4 rings (SSSR count). The number of anilines is 1. The van der Waals surface area contributed by atoms with Crippen molar-refractivity contribution < 1.29 is 14.3 Å². The smallest absolute Gasteiger partial charge is 0.313 e. The molecular formula is C23H26N2O3. The standard InChI is InChI=1S/C23H26N2O3/c1-16-5-4-6-18(13-16)23(10-2-3-11-23)15-24-21(26)22(27)25-19-7-8-20-17(14-19)9-12-28-20/h4-8,13-14H,2-3,9-12,15H2,1H3,(H,24,26)(H,25,27). The van der Waals surface area contributed by atoms with Gasteiger partial charge in [-0.3, -0.25) is 9.59 Å². The topological polar surface area (TPSA) is 67.4 Å². The first-order valence-electron chi connectivity index (χ1n) is 9.98. The molecule has 0 atom stereocenters. The minimum absolute atomic E-state index is 0.0765. The van der Waals surface area contributed by atoms with Crippen LogP contribution in [0.5, 0.6) is 5.75 Å². The maximum Gasteiger partial charge on any atom is 0.313 e. The lowest BCUT2D eigenvalue weighted by Crippen LogP contribution is -2.43. The molecule has 0 spiro atoms. The van der Waals surface area contributed by atoms with Gasteiger partial charge in [0.05, 0.1) is 6.61 Å². The fourth-order valence-corrected chi connectivity index (χ4v) is 4.38. The molecule has 5 heteroatoms. The van der Waals surface area contributed by atoms with Gasteiger partial charge in [0, 0.05) is 24.1 Å². The van der Waals surface area contributed by atoms with E-state index < -0.39 is 11.8 Å². The number of hydrogen-bond donors (Lipinski definition) is 2. The highest BCUT2D eigenvalue weighted by Gasteiger charge is 2.36. The van der Waals surface area contributed by atoms with Crippen LogP contribution in [0.15, 0.2) is 42.5 Å². The molecule has 0 aromatic heterocycles. The predicted octanol–water partition coefficient (Wildman–Crippen LogP) is 3.50. The molecule has 0 saturated heterocycles. The van der Waals surface area contributed by atoms with Crippen LogP contribution in [0.25, 0.3) is 0 Å². The number of ether oxygens (including phenoxy) is 1. The van der Waals surface area contributed by atoms with Gasteiger partial charge in [0.1, 0.15) is 5.75 Å². The highest BCUT2D eigenvalue weighted by molar-refractivity contribution is 6.39. The van der Waals surface area contributed by atoms with Gasteiger partial charge in [0.25, 0.3) is 0 Å². The second kappa shape index (κ2) is 7.66. The summed E-state index contributed by atoms with van der Waals surface area (Å²) in [5.41, 5.74) is 4.08. The fourth-order valence-electron chi connectivity index (χ4n) is 4.38. The van der Waals surface area contributed by atoms with E-state index in [-0.39, 0.29) is 5.41 Å². The van der Waals surface area contributed by atoms with Crippen molar-refractivity contribution in [2.45, 2.75) is 44.4 Å². The van der Waals surface area contributed by atoms with E-state index >= 15 is 0 Å². The van der Waals surface area contributed by atoms with Crippen LogP contribution in [0.4, 0.5) is 5.69 Å². The zero-order valence-electron chi connectivity index (χ0n) is 16.2. The summed E-state index contributed by atoms with van der Waals surface area (Å²) in [7, 11) is 0. The van der Waals surface area contributed by atoms with E-state index in [1.807, 2.05) is 12.1 Å². The molecular weight excluding hydrogens is 352 g/mol. The van der Waals surface area contributed by atoms with E-state index in [1.54, 1.807) is 6.07 Å². The molecule has 2 amide bonds. The van der Waals surface area contributed by atoms with Gasteiger partial charge in [-0.2, -0.15) is 0 Å². The van der Waals surface area contributed by atoms with E-state index in [1.165, 1.54) is 11.1 Å². The second-order valence-corrected chi connectivity index (χ2v) is 7.91. The molecule has 0 unspecified atom stereocenters. The summed E-state index contributed by atoms with van der Waals surface area (Å²) in [6.07, 6.45) is 5.18. The lowest BCUT2D eigenvalue weighted by Gasteiger charge is -2.30. The predicted molar refractivity (Wildman–Crippen MR) is 109 cm³/mol. The van der Waals surface area contributed by atoms with Gasteiger partial charge >= 0.3 is 11.8 Å². The van der Waals surface area contributed by atoms with Crippen LogP contribution < -0.4 is 15.4 Å². The third-order valence-electron chi connectivity index (χ3n) is 5.93. The van der Waals surface area contributed by atoms with Crippen LogP contribution in [-0.4, -0.2) is 25.0 Å². The lowest BCUT2D eigenvalue weighted by atomic mass is 9.78. The van der Waals surface area contributed by atoms with E-state index in [0.717, 1.165) is 43.4 Å². The Kier molecular flexibility index (Phi) is 5.07. The van der Waals surface area contributed by atoms with Crippen molar-refractivity contribution in [2.24, 2.45) is 0 Å². The lowest BCUT2D eigenvalue weighted by molar-refractivity contribution is -0.136. The molecule has 1 aliphatic carbocycles. The van der Waals surface area contributed by atoms with Gasteiger partial charge in [-0.25, -0.2) is 0 Å². The molecule has 28 heavy (non-hydrogen) atoms. The van der Waals surface area contributed by atoms with Crippen LogP contribution in [0.3, 0.4) is 0 Å². The summed E-state index contributed by atoms with van der Waals surface area (Å²) in [6, 6.07) is 14.0. The van der Waals surface area contributed by atoms with Crippen LogP contribution in [0, 0.1) is 6.92 Å². The largest absolute Gasteiger partial charge is 0.493 e. The van der Waals surface area contributed by atoms with Crippen molar-refractivity contribution in [2.75, 3.05) is 18.5 Å². The zero-order chi connectivity index (χ0) is 19.6. The molecule has 2 N–H and O–H groups in total. The fraction of sp³-hybridized carbons (Fsp3) is 0.391. The van der Waals surface area contributed by atoms with Crippen molar-refractivity contribution in [3.8, 4) is 5.75 Å². The number of nitrogens with one attached hydrogen (secondary N) is 2. The Morgan fingerprint density at radius 3 is 2.68 bits per heavy atom. The maximum absolute atomic E-state index is 12.4. The van der Waals surface area contributed by atoms with Crippen molar-refractivity contribution in [3.05, 3.63) is 59.2 Å². The first kappa shape index (κ1) is 18.5. The summed E-state index contributed by atoms with van der Waals surface area (Å²) in [6.45, 7) is 3.23. The minimum atomic E-state index is -0.628. The number of fused-ring (bicyclic) bond motifs is 1. The maximum atomic E-state index is 12.4. The molecule has 0 bridgehead atoms. The third-order valence-corrected chi connectivity index (χ3v) is 5.93. The van der Waals surface area contributed by atoms with Gasteiger partial charge in [0.2, 0.25) is 0 Å². The normalized spacial score (nSPS) is 16.9. The zero-order valence-corrected chi connectivity index (χ0v) is 16.2. The molecule has 2 aliphatic rings. The van der Waals surface area contributed by atoms with E-state index in [4.69, 9.17) is 4.74 Å². The first-order chi connectivity index (χ1) is 13.6. The minimum Gasteiger partial charge on any atom is -0.493 e. The highest BCUT2D eigenvalue weighted by Crippen LogP contribution is 2.40. The number of amides is 2. The number of aryl methyl sites for hydroxylation is 1. The molecule has 5 nitrogen and oxygen atoms in total. The Hall–Kier alpha value is -2.82.